The van der Waals surface area contributed by atoms with Crippen molar-refractivity contribution in [2.75, 3.05) is 24.8 Å². The first-order chi connectivity index (χ1) is 13.2. The van der Waals surface area contributed by atoms with Crippen LogP contribution in [0.25, 0.3) is 6.08 Å². The van der Waals surface area contributed by atoms with Crippen molar-refractivity contribution >= 4 is 18.0 Å². The zero-order valence-electron chi connectivity index (χ0n) is 16.4. The van der Waals surface area contributed by atoms with Crippen LogP contribution >= 0.6 is 0 Å². The molecule has 0 radical (unpaired) electrons. The molecule has 0 spiro atoms. The Bertz CT molecular complexity index is 813. The highest BCUT2D eigenvalue weighted by Crippen LogP contribution is 2.34. The van der Waals surface area contributed by atoms with Crippen molar-refractivity contribution in [3.05, 3.63) is 59.2 Å². The molecule has 2 aromatic carbocycles. The molecule has 0 aromatic heterocycles. The van der Waals surface area contributed by atoms with Gasteiger partial charge in [-0.1, -0.05) is 32.0 Å². The molecule has 0 bridgehead atoms. The number of benzene rings is 2. The van der Waals surface area contributed by atoms with Gasteiger partial charge in [0.05, 0.1) is 31.7 Å². The van der Waals surface area contributed by atoms with Crippen LogP contribution in [0.15, 0.2) is 53.1 Å². The van der Waals surface area contributed by atoms with Gasteiger partial charge in [0, 0.05) is 11.1 Å². The maximum absolute atomic E-state index is 6.08. The number of nitrogens with zero attached hydrogens (tertiary/aromatic N) is 2. The normalized spacial score (nSPS) is 14.8. The van der Waals surface area contributed by atoms with Gasteiger partial charge in [0.25, 0.3) is 0 Å². The average Bonchev–Trinajstić information content (AvgIpc) is 3.16. The first-order valence-corrected chi connectivity index (χ1v) is 9.69. The van der Waals surface area contributed by atoms with Crippen LogP contribution in [-0.2, 0) is 0 Å². The van der Waals surface area contributed by atoms with Gasteiger partial charge in [-0.25, -0.2) is 0 Å². The molecule has 142 valence electrons. The molecule has 1 aliphatic heterocycles. The van der Waals surface area contributed by atoms with Crippen molar-refractivity contribution in [1.82, 2.24) is 0 Å². The van der Waals surface area contributed by atoms with E-state index < -0.39 is 0 Å². The van der Waals surface area contributed by atoms with Gasteiger partial charge >= 0.3 is 0 Å². The van der Waals surface area contributed by atoms with Gasteiger partial charge < -0.3 is 9.47 Å². The van der Waals surface area contributed by atoms with Crippen LogP contribution in [0.2, 0.25) is 0 Å². The summed E-state index contributed by atoms with van der Waals surface area (Å²) in [7, 11) is 0. The van der Waals surface area contributed by atoms with Gasteiger partial charge in [-0.05, 0) is 55.7 Å². The van der Waals surface area contributed by atoms with Crippen LogP contribution in [-0.4, -0.2) is 26.0 Å². The van der Waals surface area contributed by atoms with E-state index in [4.69, 9.17) is 9.47 Å². The van der Waals surface area contributed by atoms with Crippen molar-refractivity contribution < 1.29 is 9.47 Å². The molecule has 27 heavy (non-hydrogen) atoms. The van der Waals surface area contributed by atoms with Gasteiger partial charge in [-0.2, -0.15) is 5.10 Å². The SMILES string of the molecule is CCCOc1ccc(C=C2C=NN(c3ccccc3)C2)c(OCCC)c1C. The summed E-state index contributed by atoms with van der Waals surface area (Å²) in [5, 5.41) is 6.53. The van der Waals surface area contributed by atoms with E-state index in [9.17, 15) is 0 Å². The highest BCUT2D eigenvalue weighted by Gasteiger charge is 2.16. The fraction of sp³-hybridized carbons (Fsp3) is 0.348. The third-order valence-electron chi connectivity index (χ3n) is 4.39. The Morgan fingerprint density at radius 1 is 1.00 bits per heavy atom. The number of hydrogen-bond donors (Lipinski definition) is 0. The molecule has 0 saturated heterocycles. The van der Waals surface area contributed by atoms with E-state index >= 15 is 0 Å². The maximum Gasteiger partial charge on any atom is 0.133 e. The van der Waals surface area contributed by atoms with Crippen LogP contribution in [0.3, 0.4) is 0 Å². The molecule has 0 aliphatic carbocycles. The zero-order chi connectivity index (χ0) is 19.1. The van der Waals surface area contributed by atoms with E-state index in [1.165, 1.54) is 0 Å². The van der Waals surface area contributed by atoms with E-state index in [2.05, 4.69) is 50.1 Å². The lowest BCUT2D eigenvalue weighted by Gasteiger charge is -2.16. The largest absolute Gasteiger partial charge is 0.493 e. The fourth-order valence-electron chi connectivity index (χ4n) is 3.01. The second kappa shape index (κ2) is 9.26. The van der Waals surface area contributed by atoms with Crippen molar-refractivity contribution in [2.24, 2.45) is 5.10 Å². The molecule has 2 aromatic rings. The molecular formula is C23H28N2O2. The van der Waals surface area contributed by atoms with Gasteiger partial charge in [-0.3, -0.25) is 5.01 Å². The minimum atomic E-state index is 0.693. The molecule has 0 amide bonds. The molecule has 4 nitrogen and oxygen atoms in total. The van der Waals surface area contributed by atoms with Crippen molar-refractivity contribution in [2.45, 2.75) is 33.6 Å². The molecule has 1 heterocycles. The monoisotopic (exact) mass is 364 g/mol. The second-order valence-electron chi connectivity index (χ2n) is 6.66. The highest BCUT2D eigenvalue weighted by atomic mass is 16.5. The minimum absolute atomic E-state index is 0.693. The molecular weight excluding hydrogens is 336 g/mol. The maximum atomic E-state index is 6.08. The quantitative estimate of drug-likeness (QED) is 0.623. The van der Waals surface area contributed by atoms with E-state index in [1.807, 2.05) is 35.5 Å². The summed E-state index contributed by atoms with van der Waals surface area (Å²) in [6, 6.07) is 14.3. The molecule has 0 fully saturated rings. The third-order valence-corrected chi connectivity index (χ3v) is 4.39. The first-order valence-electron chi connectivity index (χ1n) is 9.69. The van der Waals surface area contributed by atoms with Gasteiger partial charge in [0.2, 0.25) is 0 Å². The van der Waals surface area contributed by atoms with E-state index in [0.717, 1.165) is 53.3 Å². The van der Waals surface area contributed by atoms with Crippen LogP contribution in [0.1, 0.15) is 37.8 Å². The zero-order valence-corrected chi connectivity index (χ0v) is 16.4. The lowest BCUT2D eigenvalue weighted by Crippen LogP contribution is -2.12. The summed E-state index contributed by atoms with van der Waals surface area (Å²) < 4.78 is 11.9. The van der Waals surface area contributed by atoms with Crippen molar-refractivity contribution in [3.63, 3.8) is 0 Å². The van der Waals surface area contributed by atoms with Gasteiger partial charge in [-0.15, -0.1) is 0 Å². The Balaban J connectivity index is 1.84. The summed E-state index contributed by atoms with van der Waals surface area (Å²) in [4.78, 5) is 0. The van der Waals surface area contributed by atoms with Gasteiger partial charge in [0.15, 0.2) is 0 Å². The van der Waals surface area contributed by atoms with Crippen LogP contribution in [0, 0.1) is 6.92 Å². The Morgan fingerprint density at radius 3 is 2.48 bits per heavy atom. The van der Waals surface area contributed by atoms with Crippen LogP contribution in [0.5, 0.6) is 11.5 Å². The minimum Gasteiger partial charge on any atom is -0.493 e. The standard InChI is InChI=1S/C23H28N2O2/c1-4-13-26-22-12-11-20(23(18(22)3)27-14-5-2)15-19-16-24-25(17-19)21-9-7-6-8-10-21/h6-12,15-16H,4-5,13-14,17H2,1-3H3. The van der Waals surface area contributed by atoms with E-state index in [1.54, 1.807) is 0 Å². The predicted octanol–water partition coefficient (Wildman–Crippen LogP) is 5.46. The molecule has 0 N–H and O–H groups in total. The van der Waals surface area contributed by atoms with Crippen LogP contribution in [0.4, 0.5) is 5.69 Å². The molecule has 0 atom stereocenters. The average molecular weight is 364 g/mol. The topological polar surface area (TPSA) is 34.1 Å². The molecule has 0 unspecified atom stereocenters. The Kier molecular flexibility index (Phi) is 6.53. The fourth-order valence-corrected chi connectivity index (χ4v) is 3.01. The molecule has 1 aliphatic rings. The van der Waals surface area contributed by atoms with E-state index in [-0.39, 0.29) is 0 Å². The summed E-state index contributed by atoms with van der Waals surface area (Å²) in [6.45, 7) is 8.46. The molecule has 0 saturated carbocycles. The third kappa shape index (κ3) is 4.70. The number of hydrogen-bond acceptors (Lipinski definition) is 4. The van der Waals surface area contributed by atoms with E-state index in [0.29, 0.717) is 13.2 Å². The van der Waals surface area contributed by atoms with Crippen molar-refractivity contribution in [1.29, 1.82) is 0 Å². The first kappa shape index (κ1) is 19.0. The lowest BCUT2D eigenvalue weighted by atomic mass is 10.1. The smallest absolute Gasteiger partial charge is 0.133 e. The summed E-state index contributed by atoms with van der Waals surface area (Å²) in [5.74, 6) is 1.81. The molecule has 4 heteroatoms. The Hall–Kier alpha value is -2.75. The molecule has 3 rings (SSSR count). The number of anilines is 1. The Labute approximate surface area is 162 Å². The number of ether oxygens (including phenoxy) is 2. The number of hydrazone groups is 1. The van der Waals surface area contributed by atoms with Crippen LogP contribution < -0.4 is 14.5 Å². The summed E-state index contributed by atoms with van der Waals surface area (Å²) in [6.07, 6.45) is 6.04. The highest BCUT2D eigenvalue weighted by molar-refractivity contribution is 5.91. The van der Waals surface area contributed by atoms with Gasteiger partial charge in [0.1, 0.15) is 11.5 Å². The number of rotatable bonds is 8. The summed E-state index contributed by atoms with van der Waals surface area (Å²) in [5.41, 5.74) is 4.38. The summed E-state index contributed by atoms with van der Waals surface area (Å²) >= 11 is 0. The number of para-hydroxylation sites is 1. The Morgan fingerprint density at radius 2 is 1.74 bits per heavy atom. The second-order valence-corrected chi connectivity index (χ2v) is 6.66. The predicted molar refractivity (Wildman–Crippen MR) is 113 cm³/mol. The van der Waals surface area contributed by atoms with Crippen molar-refractivity contribution in [3.8, 4) is 11.5 Å². The lowest BCUT2D eigenvalue weighted by molar-refractivity contribution is 0.297.